The van der Waals surface area contributed by atoms with E-state index in [0.29, 0.717) is 6.07 Å². The number of alkyl halides is 3. The summed E-state index contributed by atoms with van der Waals surface area (Å²) in [5, 5.41) is 19.6. The first-order valence-electron chi connectivity index (χ1n) is 4.74. The fraction of sp³-hybridized carbons (Fsp3) is 0.400. The number of non-ortho nitro benzene ring substituents is 1. The second-order valence-electron chi connectivity index (χ2n) is 3.70. The van der Waals surface area contributed by atoms with Crippen LogP contribution in [0.4, 0.5) is 18.9 Å². The monoisotopic (exact) mass is 249 g/mol. The van der Waals surface area contributed by atoms with E-state index in [1.165, 1.54) is 6.92 Å². The third kappa shape index (κ3) is 3.70. The normalized spacial score (nSPS) is 13.5. The third-order valence-corrected chi connectivity index (χ3v) is 2.05. The van der Waals surface area contributed by atoms with Crippen molar-refractivity contribution >= 4 is 5.69 Å². The molecule has 1 unspecified atom stereocenters. The lowest BCUT2D eigenvalue weighted by Gasteiger charge is -2.10. The van der Waals surface area contributed by atoms with Gasteiger partial charge in [0.25, 0.3) is 5.69 Å². The van der Waals surface area contributed by atoms with Gasteiger partial charge in [-0.1, -0.05) is 0 Å². The Kier molecular flexibility index (Phi) is 3.72. The van der Waals surface area contributed by atoms with Gasteiger partial charge in [-0.05, 0) is 25.0 Å². The Morgan fingerprint density at radius 3 is 2.41 bits per heavy atom. The predicted molar refractivity (Wildman–Crippen MR) is 53.5 cm³/mol. The molecule has 4 nitrogen and oxygen atoms in total. The Balaban J connectivity index is 3.24. The van der Waals surface area contributed by atoms with Gasteiger partial charge in [0.05, 0.1) is 16.6 Å². The number of hydrogen-bond acceptors (Lipinski definition) is 3. The standard InChI is InChI=1S/C10H10F3NO3/c1-6(15)2-7-3-8(10(11,12)13)5-9(4-7)14(16)17/h3-6,15H,2H2,1H3. The van der Waals surface area contributed by atoms with Crippen molar-refractivity contribution in [2.24, 2.45) is 0 Å². The smallest absolute Gasteiger partial charge is 0.393 e. The maximum atomic E-state index is 12.5. The van der Waals surface area contributed by atoms with Crippen LogP contribution in [-0.4, -0.2) is 16.1 Å². The first kappa shape index (κ1) is 13.4. The molecular weight excluding hydrogens is 239 g/mol. The van der Waals surface area contributed by atoms with Gasteiger partial charge in [0.1, 0.15) is 0 Å². The number of halogens is 3. The first-order valence-corrected chi connectivity index (χ1v) is 4.74. The zero-order valence-corrected chi connectivity index (χ0v) is 8.86. The molecule has 0 fully saturated rings. The molecule has 0 bridgehead atoms. The van der Waals surface area contributed by atoms with E-state index in [2.05, 4.69) is 0 Å². The SMILES string of the molecule is CC(O)Cc1cc([N+](=O)[O-])cc(C(F)(F)F)c1. The summed E-state index contributed by atoms with van der Waals surface area (Å²) in [7, 11) is 0. The molecule has 0 aliphatic rings. The Morgan fingerprint density at radius 2 is 2.00 bits per heavy atom. The van der Waals surface area contributed by atoms with Crippen molar-refractivity contribution in [1.29, 1.82) is 0 Å². The van der Waals surface area contributed by atoms with E-state index in [1.807, 2.05) is 0 Å². The van der Waals surface area contributed by atoms with E-state index in [4.69, 9.17) is 5.11 Å². The second-order valence-corrected chi connectivity index (χ2v) is 3.70. The van der Waals surface area contributed by atoms with Crippen LogP contribution in [0, 0.1) is 10.1 Å². The number of benzene rings is 1. The summed E-state index contributed by atoms with van der Waals surface area (Å²) in [5.74, 6) is 0. The molecule has 94 valence electrons. The maximum absolute atomic E-state index is 12.5. The lowest BCUT2D eigenvalue weighted by molar-refractivity contribution is -0.385. The van der Waals surface area contributed by atoms with Gasteiger partial charge in [-0.25, -0.2) is 0 Å². The van der Waals surface area contributed by atoms with E-state index in [1.54, 1.807) is 0 Å². The summed E-state index contributed by atoms with van der Waals surface area (Å²) >= 11 is 0. The highest BCUT2D eigenvalue weighted by atomic mass is 19.4. The highest BCUT2D eigenvalue weighted by molar-refractivity contribution is 5.40. The molecular formula is C10H10F3NO3. The average Bonchev–Trinajstić information content (AvgIpc) is 2.14. The highest BCUT2D eigenvalue weighted by Gasteiger charge is 2.32. The molecule has 0 heterocycles. The van der Waals surface area contributed by atoms with Gasteiger partial charge in [0.2, 0.25) is 0 Å². The van der Waals surface area contributed by atoms with E-state index >= 15 is 0 Å². The highest BCUT2D eigenvalue weighted by Crippen LogP contribution is 2.32. The largest absolute Gasteiger partial charge is 0.416 e. The van der Waals surface area contributed by atoms with Crippen molar-refractivity contribution in [3.63, 3.8) is 0 Å². The Morgan fingerprint density at radius 1 is 1.41 bits per heavy atom. The number of aliphatic hydroxyl groups is 1. The summed E-state index contributed by atoms with van der Waals surface area (Å²) in [6.45, 7) is 1.39. The van der Waals surface area contributed by atoms with Crippen LogP contribution < -0.4 is 0 Å². The minimum absolute atomic E-state index is 0.0647. The molecule has 0 saturated heterocycles. The molecule has 0 saturated carbocycles. The van der Waals surface area contributed by atoms with Crippen LogP contribution in [0.2, 0.25) is 0 Å². The van der Waals surface area contributed by atoms with Crippen LogP contribution in [0.25, 0.3) is 0 Å². The van der Waals surface area contributed by atoms with Crippen LogP contribution in [0.1, 0.15) is 18.1 Å². The van der Waals surface area contributed by atoms with Gasteiger partial charge in [0, 0.05) is 12.1 Å². The molecule has 17 heavy (non-hydrogen) atoms. The van der Waals surface area contributed by atoms with Crippen LogP contribution in [-0.2, 0) is 12.6 Å². The third-order valence-electron chi connectivity index (χ3n) is 2.05. The van der Waals surface area contributed by atoms with Crippen LogP contribution >= 0.6 is 0 Å². The van der Waals surface area contributed by atoms with Crippen molar-refractivity contribution in [3.05, 3.63) is 39.4 Å². The average molecular weight is 249 g/mol. The van der Waals surface area contributed by atoms with Crippen molar-refractivity contribution in [2.45, 2.75) is 25.6 Å². The molecule has 1 rings (SSSR count). The van der Waals surface area contributed by atoms with Crippen molar-refractivity contribution in [3.8, 4) is 0 Å². The summed E-state index contributed by atoms with van der Waals surface area (Å²) in [5.41, 5.74) is -1.63. The number of aliphatic hydroxyl groups excluding tert-OH is 1. The molecule has 1 N–H and O–H groups in total. The molecule has 0 radical (unpaired) electrons. The second kappa shape index (κ2) is 4.70. The first-order chi connectivity index (χ1) is 7.70. The number of nitrogens with zero attached hydrogens (tertiary/aromatic N) is 1. The minimum Gasteiger partial charge on any atom is -0.393 e. The molecule has 0 spiro atoms. The molecule has 1 atom stereocenters. The predicted octanol–water partition coefficient (Wildman–Crippen LogP) is 2.54. The number of nitro benzene ring substituents is 1. The van der Waals surface area contributed by atoms with Gasteiger partial charge in [-0.3, -0.25) is 10.1 Å². The summed E-state index contributed by atoms with van der Waals surface area (Å²) in [4.78, 5) is 9.61. The number of hydrogen-bond donors (Lipinski definition) is 1. The van der Waals surface area contributed by atoms with Gasteiger partial charge in [-0.15, -0.1) is 0 Å². The zero-order valence-electron chi connectivity index (χ0n) is 8.86. The Bertz CT molecular complexity index is 429. The van der Waals surface area contributed by atoms with Gasteiger partial charge >= 0.3 is 6.18 Å². The topological polar surface area (TPSA) is 63.4 Å². The molecule has 7 heteroatoms. The lowest BCUT2D eigenvalue weighted by Crippen LogP contribution is -2.09. The maximum Gasteiger partial charge on any atom is 0.416 e. The summed E-state index contributed by atoms with van der Waals surface area (Å²) < 4.78 is 37.4. The van der Waals surface area contributed by atoms with Gasteiger partial charge in [-0.2, -0.15) is 13.2 Å². The van der Waals surface area contributed by atoms with Crippen LogP contribution in [0.15, 0.2) is 18.2 Å². The van der Waals surface area contributed by atoms with E-state index in [-0.39, 0.29) is 12.0 Å². The number of rotatable bonds is 3. The van der Waals surface area contributed by atoms with Crippen LogP contribution in [0.5, 0.6) is 0 Å². The minimum atomic E-state index is -4.64. The van der Waals surface area contributed by atoms with E-state index in [0.717, 1.165) is 12.1 Å². The lowest BCUT2D eigenvalue weighted by atomic mass is 10.0. The van der Waals surface area contributed by atoms with Crippen molar-refractivity contribution in [1.82, 2.24) is 0 Å². The Labute approximate surface area is 94.8 Å². The van der Waals surface area contributed by atoms with Crippen molar-refractivity contribution in [2.75, 3.05) is 0 Å². The van der Waals surface area contributed by atoms with E-state index < -0.39 is 28.5 Å². The van der Waals surface area contributed by atoms with E-state index in [9.17, 15) is 23.3 Å². The fourth-order valence-corrected chi connectivity index (χ4v) is 1.40. The molecule has 1 aromatic carbocycles. The molecule has 0 amide bonds. The van der Waals surface area contributed by atoms with Crippen LogP contribution in [0.3, 0.4) is 0 Å². The molecule has 1 aromatic rings. The molecule has 0 aromatic heterocycles. The van der Waals surface area contributed by atoms with Gasteiger partial charge in [0.15, 0.2) is 0 Å². The molecule has 0 aliphatic carbocycles. The molecule has 0 aliphatic heterocycles. The summed E-state index contributed by atoms with van der Waals surface area (Å²) in [6, 6.07) is 2.31. The number of nitro groups is 1. The summed E-state index contributed by atoms with van der Waals surface area (Å²) in [6.07, 6.45) is -5.57. The van der Waals surface area contributed by atoms with Crippen molar-refractivity contribution < 1.29 is 23.2 Å². The quantitative estimate of drug-likeness (QED) is 0.661. The fourth-order valence-electron chi connectivity index (χ4n) is 1.40. The van der Waals surface area contributed by atoms with Gasteiger partial charge < -0.3 is 5.11 Å². The Hall–Kier alpha value is -1.63. The zero-order chi connectivity index (χ0) is 13.2.